The predicted molar refractivity (Wildman–Crippen MR) is 119 cm³/mol. The fourth-order valence-electron chi connectivity index (χ4n) is 4.20. The highest BCUT2D eigenvalue weighted by atomic mass is 16.5. The van der Waals surface area contributed by atoms with Crippen molar-refractivity contribution in [1.29, 1.82) is 0 Å². The second-order valence-electron chi connectivity index (χ2n) is 7.59. The maximum atomic E-state index is 12.9. The van der Waals surface area contributed by atoms with Crippen molar-refractivity contribution in [1.82, 2.24) is 4.57 Å². The number of hydrogen-bond donors (Lipinski definition) is 1. The zero-order chi connectivity index (χ0) is 22.5. The number of carboxylic acid groups (broad SMARTS) is 1. The number of benzene rings is 1. The Kier molecular flexibility index (Phi) is 7.38. The average molecular weight is 430 g/mol. The molecular formula is C24H31NO6. The van der Waals surface area contributed by atoms with Crippen molar-refractivity contribution in [2.75, 3.05) is 26.9 Å². The van der Waals surface area contributed by atoms with Crippen LogP contribution in [-0.4, -0.2) is 42.6 Å². The Bertz CT molecular complexity index is 1010. The molecule has 2 heterocycles. The molecule has 7 heteroatoms. The second kappa shape index (κ2) is 10.0. The molecule has 1 aromatic heterocycles. The van der Waals surface area contributed by atoms with Gasteiger partial charge in [-0.15, -0.1) is 0 Å². The number of methoxy groups -OCH3 is 1. The van der Waals surface area contributed by atoms with Gasteiger partial charge in [-0.25, -0.2) is 4.79 Å². The van der Waals surface area contributed by atoms with E-state index >= 15 is 0 Å². The molecule has 1 aliphatic heterocycles. The minimum atomic E-state index is -1.19. The van der Waals surface area contributed by atoms with E-state index in [9.17, 15) is 14.7 Å². The highest BCUT2D eigenvalue weighted by molar-refractivity contribution is 5.88. The lowest BCUT2D eigenvalue weighted by molar-refractivity contribution is 0.0694. The van der Waals surface area contributed by atoms with E-state index in [4.69, 9.17) is 14.2 Å². The Morgan fingerprint density at radius 2 is 1.97 bits per heavy atom. The molecule has 0 fully saturated rings. The number of hydrogen-bond acceptors (Lipinski definition) is 5. The number of pyridine rings is 1. The fourth-order valence-corrected chi connectivity index (χ4v) is 4.20. The molecule has 0 bridgehead atoms. The number of carboxylic acids is 1. The van der Waals surface area contributed by atoms with Gasteiger partial charge in [0.25, 0.3) is 0 Å². The van der Waals surface area contributed by atoms with Crippen LogP contribution in [0.5, 0.6) is 11.5 Å². The summed E-state index contributed by atoms with van der Waals surface area (Å²) in [5, 5.41) is 9.54. The SMILES string of the molecule is CCOCCCOc1cc2c(cc1OC)-c1c(CC)c(=O)c(C(=O)O)cn1C(CC)C2. The van der Waals surface area contributed by atoms with E-state index in [0.29, 0.717) is 43.3 Å². The van der Waals surface area contributed by atoms with Crippen LogP contribution in [0.1, 0.15) is 61.1 Å². The minimum absolute atomic E-state index is 0.0608. The number of carbonyl (C=O) groups is 1. The van der Waals surface area contributed by atoms with Crippen molar-refractivity contribution in [2.45, 2.75) is 52.5 Å². The molecule has 0 saturated heterocycles. The number of nitrogens with zero attached hydrogens (tertiary/aromatic N) is 1. The zero-order valence-corrected chi connectivity index (χ0v) is 18.7. The van der Waals surface area contributed by atoms with Crippen LogP contribution in [0.15, 0.2) is 23.1 Å². The molecule has 2 aromatic rings. The largest absolute Gasteiger partial charge is 0.493 e. The highest BCUT2D eigenvalue weighted by Crippen LogP contribution is 2.43. The van der Waals surface area contributed by atoms with Gasteiger partial charge in [0, 0.05) is 43.0 Å². The van der Waals surface area contributed by atoms with Gasteiger partial charge in [-0.05, 0) is 43.9 Å². The lowest BCUT2D eigenvalue weighted by Gasteiger charge is -2.32. The Morgan fingerprint density at radius 3 is 2.58 bits per heavy atom. The van der Waals surface area contributed by atoms with Crippen molar-refractivity contribution in [3.63, 3.8) is 0 Å². The summed E-state index contributed by atoms with van der Waals surface area (Å²) in [6.07, 6.45) is 4.27. The summed E-state index contributed by atoms with van der Waals surface area (Å²) in [4.78, 5) is 24.6. The number of ether oxygens (including phenoxy) is 3. The van der Waals surface area contributed by atoms with Gasteiger partial charge in [0.05, 0.1) is 19.4 Å². The van der Waals surface area contributed by atoms with Crippen LogP contribution in [0.2, 0.25) is 0 Å². The van der Waals surface area contributed by atoms with E-state index in [1.165, 1.54) is 6.20 Å². The Balaban J connectivity index is 2.11. The molecule has 0 radical (unpaired) electrons. The molecule has 1 atom stereocenters. The van der Waals surface area contributed by atoms with Crippen LogP contribution in [0.3, 0.4) is 0 Å². The van der Waals surface area contributed by atoms with Gasteiger partial charge in [0.1, 0.15) is 5.56 Å². The first-order chi connectivity index (χ1) is 15.0. The van der Waals surface area contributed by atoms with Crippen molar-refractivity contribution < 1.29 is 24.1 Å². The van der Waals surface area contributed by atoms with Crippen LogP contribution in [-0.2, 0) is 17.6 Å². The molecule has 7 nitrogen and oxygen atoms in total. The first-order valence-electron chi connectivity index (χ1n) is 10.9. The van der Waals surface area contributed by atoms with Gasteiger partial charge < -0.3 is 23.9 Å². The van der Waals surface area contributed by atoms with E-state index in [2.05, 4.69) is 6.92 Å². The second-order valence-corrected chi connectivity index (χ2v) is 7.59. The first-order valence-corrected chi connectivity index (χ1v) is 10.9. The fraction of sp³-hybridized carbons (Fsp3) is 0.500. The average Bonchev–Trinajstić information content (AvgIpc) is 2.77. The smallest absolute Gasteiger partial charge is 0.341 e. The molecule has 1 N–H and O–H groups in total. The van der Waals surface area contributed by atoms with E-state index < -0.39 is 11.4 Å². The summed E-state index contributed by atoms with van der Waals surface area (Å²) >= 11 is 0. The molecule has 0 spiro atoms. The molecule has 31 heavy (non-hydrogen) atoms. The number of aromatic carboxylic acids is 1. The van der Waals surface area contributed by atoms with E-state index in [0.717, 1.165) is 36.1 Å². The van der Waals surface area contributed by atoms with Gasteiger partial charge in [0.2, 0.25) is 0 Å². The van der Waals surface area contributed by atoms with Gasteiger partial charge in [-0.1, -0.05) is 13.8 Å². The molecule has 1 aromatic carbocycles. The van der Waals surface area contributed by atoms with E-state index in [1.807, 2.05) is 30.5 Å². The van der Waals surface area contributed by atoms with Crippen molar-refractivity contribution >= 4 is 5.97 Å². The van der Waals surface area contributed by atoms with Crippen LogP contribution < -0.4 is 14.9 Å². The van der Waals surface area contributed by atoms with Crippen LogP contribution >= 0.6 is 0 Å². The maximum Gasteiger partial charge on any atom is 0.341 e. The Morgan fingerprint density at radius 1 is 1.19 bits per heavy atom. The monoisotopic (exact) mass is 429 g/mol. The molecule has 168 valence electrons. The van der Waals surface area contributed by atoms with Crippen LogP contribution in [0, 0.1) is 0 Å². The molecule has 1 aliphatic rings. The van der Waals surface area contributed by atoms with Crippen molar-refractivity contribution in [3.05, 3.63) is 45.2 Å². The topological polar surface area (TPSA) is 87.0 Å². The van der Waals surface area contributed by atoms with Gasteiger partial charge >= 0.3 is 5.97 Å². The summed E-state index contributed by atoms with van der Waals surface area (Å²) in [5.74, 6) is 0.0705. The van der Waals surface area contributed by atoms with Crippen molar-refractivity contribution in [2.24, 2.45) is 0 Å². The molecular weight excluding hydrogens is 398 g/mol. The summed E-state index contributed by atoms with van der Waals surface area (Å²) in [7, 11) is 1.59. The third-order valence-electron chi connectivity index (χ3n) is 5.77. The number of aromatic nitrogens is 1. The lowest BCUT2D eigenvalue weighted by Crippen LogP contribution is -2.29. The molecule has 0 saturated carbocycles. The summed E-state index contributed by atoms with van der Waals surface area (Å²) in [6.45, 7) is 7.76. The zero-order valence-electron chi connectivity index (χ0n) is 18.7. The first kappa shape index (κ1) is 22.9. The third-order valence-corrected chi connectivity index (χ3v) is 5.77. The molecule has 3 rings (SSSR count). The quantitative estimate of drug-likeness (QED) is 0.572. The van der Waals surface area contributed by atoms with E-state index in [1.54, 1.807) is 7.11 Å². The summed E-state index contributed by atoms with van der Waals surface area (Å²) < 4.78 is 18.9. The molecule has 0 amide bonds. The minimum Gasteiger partial charge on any atom is -0.493 e. The van der Waals surface area contributed by atoms with Crippen LogP contribution in [0.25, 0.3) is 11.3 Å². The van der Waals surface area contributed by atoms with Gasteiger partial charge in [-0.3, -0.25) is 4.79 Å². The Labute approximate surface area is 182 Å². The van der Waals surface area contributed by atoms with Gasteiger partial charge in [0.15, 0.2) is 16.9 Å². The Hall–Kier alpha value is -2.80. The normalized spacial score (nSPS) is 14.6. The third kappa shape index (κ3) is 4.46. The summed E-state index contributed by atoms with van der Waals surface area (Å²) in [6, 6.07) is 3.96. The molecule has 1 unspecified atom stereocenters. The summed E-state index contributed by atoms with van der Waals surface area (Å²) in [5.41, 5.74) is 2.68. The molecule has 0 aliphatic carbocycles. The number of rotatable bonds is 10. The predicted octanol–water partition coefficient (Wildman–Crippen LogP) is 4.10. The highest BCUT2D eigenvalue weighted by Gasteiger charge is 2.29. The lowest BCUT2D eigenvalue weighted by atomic mass is 9.87. The van der Waals surface area contributed by atoms with Crippen molar-refractivity contribution in [3.8, 4) is 22.8 Å². The van der Waals surface area contributed by atoms with E-state index in [-0.39, 0.29) is 11.6 Å². The number of fused-ring (bicyclic) bond motifs is 3. The standard InChI is InChI=1S/C24H31NO6/c1-5-16-11-15-12-21(31-10-8-9-30-7-3)20(29-4)13-18(15)22-17(6-2)23(26)19(24(27)28)14-25(16)22/h12-14,16H,5-11H2,1-4H3,(H,27,28). The van der Waals surface area contributed by atoms with Gasteiger partial charge in [-0.2, -0.15) is 0 Å². The maximum absolute atomic E-state index is 12.9. The van der Waals surface area contributed by atoms with Crippen LogP contribution in [0.4, 0.5) is 0 Å².